The van der Waals surface area contributed by atoms with Gasteiger partial charge in [-0.05, 0) is 25.3 Å². The van der Waals surface area contributed by atoms with Gasteiger partial charge in [0.25, 0.3) is 0 Å². The molecule has 0 amide bonds. The van der Waals surface area contributed by atoms with Crippen LogP contribution >= 0.6 is 0 Å². The molecule has 132 valence electrons. The van der Waals surface area contributed by atoms with Crippen LogP contribution in [0.15, 0.2) is 30.3 Å². The lowest BCUT2D eigenvalue weighted by Crippen LogP contribution is -2.45. The van der Waals surface area contributed by atoms with E-state index in [9.17, 15) is 4.79 Å². The molecular formula is C19H27NO4. The highest BCUT2D eigenvalue weighted by atomic mass is 16.6. The lowest BCUT2D eigenvalue weighted by atomic mass is 9.82. The van der Waals surface area contributed by atoms with E-state index in [0.717, 1.165) is 32.5 Å². The Morgan fingerprint density at radius 2 is 2.00 bits per heavy atom. The van der Waals surface area contributed by atoms with Gasteiger partial charge in [0.2, 0.25) is 0 Å². The first-order valence-corrected chi connectivity index (χ1v) is 8.79. The van der Waals surface area contributed by atoms with E-state index >= 15 is 0 Å². The van der Waals surface area contributed by atoms with Crippen LogP contribution in [0.3, 0.4) is 0 Å². The summed E-state index contributed by atoms with van der Waals surface area (Å²) in [7, 11) is 0. The number of benzene rings is 1. The summed E-state index contributed by atoms with van der Waals surface area (Å²) in [6.07, 6.45) is 1.42. The summed E-state index contributed by atoms with van der Waals surface area (Å²) in [4.78, 5) is 14.7. The second-order valence-electron chi connectivity index (χ2n) is 6.99. The van der Waals surface area contributed by atoms with Gasteiger partial charge in [0.05, 0.1) is 12.0 Å². The maximum atomic E-state index is 12.4. The maximum absolute atomic E-state index is 12.4. The van der Waals surface area contributed by atoms with Gasteiger partial charge < -0.3 is 14.2 Å². The summed E-state index contributed by atoms with van der Waals surface area (Å²) in [5.41, 5.74) is 0.890. The number of ether oxygens (including phenoxy) is 3. The predicted octanol–water partition coefficient (Wildman–Crippen LogP) is 2.25. The molecule has 0 N–H and O–H groups in total. The molecule has 0 saturated carbocycles. The minimum Gasteiger partial charge on any atom is -0.462 e. The van der Waals surface area contributed by atoms with Crippen molar-refractivity contribution in [2.45, 2.75) is 32.4 Å². The van der Waals surface area contributed by atoms with E-state index in [1.165, 1.54) is 5.56 Å². The van der Waals surface area contributed by atoms with E-state index < -0.39 is 5.41 Å². The van der Waals surface area contributed by atoms with Crippen molar-refractivity contribution in [2.24, 2.45) is 5.41 Å². The molecule has 0 spiro atoms. The molecule has 2 fully saturated rings. The van der Waals surface area contributed by atoms with Crippen LogP contribution < -0.4 is 0 Å². The van der Waals surface area contributed by atoms with E-state index in [1.54, 1.807) is 0 Å². The fourth-order valence-corrected chi connectivity index (χ4v) is 3.24. The molecule has 2 aliphatic heterocycles. The number of carbonyl (C=O) groups excluding carboxylic acids is 1. The first kappa shape index (κ1) is 17.4. The molecule has 0 radical (unpaired) electrons. The van der Waals surface area contributed by atoms with Gasteiger partial charge >= 0.3 is 5.97 Å². The monoisotopic (exact) mass is 333 g/mol. The van der Waals surface area contributed by atoms with Crippen molar-refractivity contribution in [1.82, 2.24) is 4.90 Å². The predicted molar refractivity (Wildman–Crippen MR) is 90.6 cm³/mol. The Labute approximate surface area is 143 Å². The average molecular weight is 333 g/mol. The van der Waals surface area contributed by atoms with Gasteiger partial charge in [-0.15, -0.1) is 0 Å². The summed E-state index contributed by atoms with van der Waals surface area (Å²) in [6, 6.07) is 10.4. The lowest BCUT2D eigenvalue weighted by molar-refractivity contribution is -0.166. The van der Waals surface area contributed by atoms with E-state index in [4.69, 9.17) is 14.2 Å². The van der Waals surface area contributed by atoms with Crippen LogP contribution in [-0.2, 0) is 25.5 Å². The Kier molecular flexibility index (Phi) is 5.87. The second kappa shape index (κ2) is 8.10. The Morgan fingerprint density at radius 3 is 2.75 bits per heavy atom. The van der Waals surface area contributed by atoms with Gasteiger partial charge in [-0.3, -0.25) is 9.69 Å². The molecule has 1 unspecified atom stereocenters. The van der Waals surface area contributed by atoms with Crippen LogP contribution in [0, 0.1) is 5.41 Å². The number of nitrogens with zero attached hydrogens (tertiary/aromatic N) is 1. The van der Waals surface area contributed by atoms with Gasteiger partial charge in [-0.25, -0.2) is 0 Å². The van der Waals surface area contributed by atoms with Gasteiger partial charge in [-0.1, -0.05) is 30.3 Å². The van der Waals surface area contributed by atoms with Crippen molar-refractivity contribution < 1.29 is 19.0 Å². The minimum atomic E-state index is -0.406. The van der Waals surface area contributed by atoms with Crippen LogP contribution in [0.1, 0.15) is 25.3 Å². The minimum absolute atomic E-state index is 0.0464. The third kappa shape index (κ3) is 4.56. The van der Waals surface area contributed by atoms with E-state index in [-0.39, 0.29) is 12.1 Å². The summed E-state index contributed by atoms with van der Waals surface area (Å²) in [6.45, 7) is 6.87. The molecule has 2 aliphatic rings. The first-order chi connectivity index (χ1) is 11.7. The van der Waals surface area contributed by atoms with E-state index in [1.807, 2.05) is 13.0 Å². The van der Waals surface area contributed by atoms with Crippen molar-refractivity contribution >= 4 is 5.97 Å². The highest BCUT2D eigenvalue weighted by Gasteiger charge is 2.37. The highest BCUT2D eigenvalue weighted by molar-refractivity contribution is 5.76. The van der Waals surface area contributed by atoms with Gasteiger partial charge in [0, 0.05) is 32.8 Å². The Morgan fingerprint density at radius 1 is 1.25 bits per heavy atom. The average Bonchev–Trinajstić information content (AvgIpc) is 2.61. The maximum Gasteiger partial charge on any atom is 0.312 e. The number of hydrogen-bond donors (Lipinski definition) is 0. The summed E-state index contributed by atoms with van der Waals surface area (Å²) in [5, 5.41) is 0. The van der Waals surface area contributed by atoms with Crippen LogP contribution in [0.5, 0.6) is 0 Å². The van der Waals surface area contributed by atoms with Gasteiger partial charge in [0.1, 0.15) is 12.7 Å². The van der Waals surface area contributed by atoms with Crippen LogP contribution in [0.2, 0.25) is 0 Å². The molecule has 3 rings (SSSR count). The zero-order valence-electron chi connectivity index (χ0n) is 14.4. The fraction of sp³-hybridized carbons (Fsp3) is 0.632. The largest absolute Gasteiger partial charge is 0.462 e. The Bertz CT molecular complexity index is 527. The molecule has 0 aromatic heterocycles. The third-order valence-electron chi connectivity index (χ3n) is 4.96. The normalized spacial score (nSPS) is 24.5. The third-order valence-corrected chi connectivity index (χ3v) is 4.96. The molecule has 1 aromatic carbocycles. The Hall–Kier alpha value is -1.43. The number of hydrogen-bond acceptors (Lipinski definition) is 5. The van der Waals surface area contributed by atoms with Crippen LogP contribution in [0.4, 0.5) is 0 Å². The second-order valence-corrected chi connectivity index (χ2v) is 6.99. The topological polar surface area (TPSA) is 48.0 Å². The molecule has 5 heteroatoms. The zero-order valence-corrected chi connectivity index (χ0v) is 14.4. The smallest absolute Gasteiger partial charge is 0.312 e. The van der Waals surface area contributed by atoms with E-state index in [2.05, 4.69) is 29.2 Å². The molecule has 2 heterocycles. The molecule has 0 bridgehead atoms. The summed E-state index contributed by atoms with van der Waals surface area (Å²) in [5.74, 6) is -0.116. The van der Waals surface area contributed by atoms with Gasteiger partial charge in [0.15, 0.2) is 0 Å². The number of morpholine rings is 1. The standard InChI is InChI=1S/C19H27NO4/c1-19(7-10-22-11-8-19)18(21)24-15-17-14-20(9-12-23-17)13-16-5-3-2-4-6-16/h2-6,17H,7-15H2,1H3. The molecule has 5 nitrogen and oxygen atoms in total. The number of carbonyl (C=O) groups is 1. The van der Waals surface area contributed by atoms with Crippen molar-refractivity contribution in [2.75, 3.05) is 39.5 Å². The summed E-state index contributed by atoms with van der Waals surface area (Å²) >= 11 is 0. The van der Waals surface area contributed by atoms with Crippen molar-refractivity contribution in [3.8, 4) is 0 Å². The zero-order chi connectivity index (χ0) is 16.8. The quantitative estimate of drug-likeness (QED) is 0.774. The van der Waals surface area contributed by atoms with Crippen molar-refractivity contribution in [3.05, 3.63) is 35.9 Å². The SMILES string of the molecule is CC1(C(=O)OCC2CN(Cc3ccccc3)CCO2)CCOCC1. The lowest BCUT2D eigenvalue weighted by Gasteiger charge is -2.34. The van der Waals surface area contributed by atoms with Crippen molar-refractivity contribution in [1.29, 1.82) is 0 Å². The molecule has 1 atom stereocenters. The molecular weight excluding hydrogens is 306 g/mol. The van der Waals surface area contributed by atoms with Crippen LogP contribution in [0.25, 0.3) is 0 Å². The molecule has 24 heavy (non-hydrogen) atoms. The van der Waals surface area contributed by atoms with Gasteiger partial charge in [-0.2, -0.15) is 0 Å². The molecule has 1 aromatic rings. The molecule has 2 saturated heterocycles. The van der Waals surface area contributed by atoms with Crippen LogP contribution in [-0.4, -0.2) is 56.5 Å². The number of esters is 1. The molecule has 0 aliphatic carbocycles. The highest BCUT2D eigenvalue weighted by Crippen LogP contribution is 2.31. The summed E-state index contributed by atoms with van der Waals surface area (Å²) < 4.78 is 16.7. The number of rotatable bonds is 5. The first-order valence-electron chi connectivity index (χ1n) is 8.79. The van der Waals surface area contributed by atoms with E-state index in [0.29, 0.717) is 26.4 Å². The Balaban J connectivity index is 1.46. The van der Waals surface area contributed by atoms with Crippen molar-refractivity contribution in [3.63, 3.8) is 0 Å². The fourth-order valence-electron chi connectivity index (χ4n) is 3.24.